The van der Waals surface area contributed by atoms with Crippen molar-refractivity contribution in [3.63, 3.8) is 0 Å². The van der Waals surface area contributed by atoms with Gasteiger partial charge in [0.15, 0.2) is 5.69 Å². The van der Waals surface area contributed by atoms with Gasteiger partial charge in [-0.2, -0.15) is 0 Å². The number of hydrogen-bond donors (Lipinski definition) is 1. The Balaban J connectivity index is 2.07. The minimum Gasteiger partial charge on any atom is -0.493 e. The van der Waals surface area contributed by atoms with E-state index in [0.29, 0.717) is 38.9 Å². The summed E-state index contributed by atoms with van der Waals surface area (Å²) in [4.78, 5) is 0. The first-order chi connectivity index (χ1) is 12.4. The van der Waals surface area contributed by atoms with Crippen molar-refractivity contribution in [2.75, 3.05) is 0 Å². The Morgan fingerprint density at radius 2 is 1.62 bits per heavy atom. The van der Waals surface area contributed by atoms with E-state index in [2.05, 4.69) is 24.1 Å². The molecule has 0 saturated carbocycles. The first-order valence-electron chi connectivity index (χ1n) is 8.25. The van der Waals surface area contributed by atoms with Gasteiger partial charge in [-0.05, 0) is 30.5 Å². The number of benzene rings is 2. The van der Waals surface area contributed by atoms with Gasteiger partial charge in [-0.3, -0.25) is 0 Å². The minimum atomic E-state index is 0.0804. The van der Waals surface area contributed by atoms with E-state index < -0.39 is 0 Å². The maximum absolute atomic E-state index is 10.7. The molecule has 136 valence electrons. The standard InChI is InChI=1S/C19H18Cl3N3O/c1-11(2)7-8-25-16-6-4-3-5-13(16)17(19(25)26)23-24-18-14(21)9-12(20)10-15(18)22/h3-6,9-11,26H,7-8H2,1-2H3. The van der Waals surface area contributed by atoms with Crippen LogP contribution in [0.1, 0.15) is 20.3 Å². The Hall–Kier alpha value is -1.75. The van der Waals surface area contributed by atoms with Crippen LogP contribution < -0.4 is 0 Å². The van der Waals surface area contributed by atoms with Crippen LogP contribution in [0.4, 0.5) is 11.4 Å². The molecule has 0 saturated heterocycles. The second kappa shape index (κ2) is 7.87. The average Bonchev–Trinajstić information content (AvgIpc) is 2.83. The molecule has 0 aliphatic heterocycles. The highest BCUT2D eigenvalue weighted by Gasteiger charge is 2.17. The molecule has 7 heteroatoms. The highest BCUT2D eigenvalue weighted by molar-refractivity contribution is 6.41. The quantitative estimate of drug-likeness (QED) is 0.429. The van der Waals surface area contributed by atoms with E-state index in [4.69, 9.17) is 34.8 Å². The number of aryl methyl sites for hydroxylation is 1. The lowest BCUT2D eigenvalue weighted by Crippen LogP contribution is -2.00. The number of fused-ring (bicyclic) bond motifs is 1. The number of azo groups is 1. The SMILES string of the molecule is CC(C)CCn1c(O)c(N=Nc2c(Cl)cc(Cl)cc2Cl)c2ccccc21. The predicted molar refractivity (Wildman–Crippen MR) is 109 cm³/mol. The molecule has 0 radical (unpaired) electrons. The average molecular weight is 411 g/mol. The van der Waals surface area contributed by atoms with Gasteiger partial charge in [-0.1, -0.05) is 66.8 Å². The highest BCUT2D eigenvalue weighted by atomic mass is 35.5. The van der Waals surface area contributed by atoms with Crippen LogP contribution in [0.25, 0.3) is 10.9 Å². The largest absolute Gasteiger partial charge is 0.493 e. The van der Waals surface area contributed by atoms with Crippen molar-refractivity contribution in [3.8, 4) is 5.88 Å². The normalized spacial score (nSPS) is 11.9. The first kappa shape index (κ1) is 19.0. The van der Waals surface area contributed by atoms with Gasteiger partial charge in [0.1, 0.15) is 5.69 Å². The second-order valence-electron chi connectivity index (χ2n) is 6.44. The monoisotopic (exact) mass is 409 g/mol. The van der Waals surface area contributed by atoms with Gasteiger partial charge in [0.05, 0.1) is 15.6 Å². The van der Waals surface area contributed by atoms with Gasteiger partial charge >= 0.3 is 0 Å². The van der Waals surface area contributed by atoms with Gasteiger partial charge < -0.3 is 9.67 Å². The molecule has 1 heterocycles. The molecule has 0 amide bonds. The van der Waals surface area contributed by atoms with Gasteiger partial charge in [-0.25, -0.2) is 0 Å². The molecule has 1 aromatic heterocycles. The maximum atomic E-state index is 10.7. The number of nitrogens with zero attached hydrogens (tertiary/aromatic N) is 3. The molecule has 0 aliphatic rings. The third-order valence-corrected chi connectivity index (χ3v) is 4.87. The van der Waals surface area contributed by atoms with Crippen molar-refractivity contribution in [1.29, 1.82) is 0 Å². The van der Waals surface area contributed by atoms with Crippen LogP contribution in [0.3, 0.4) is 0 Å². The zero-order chi connectivity index (χ0) is 18.8. The molecule has 0 bridgehead atoms. The highest BCUT2D eigenvalue weighted by Crippen LogP contribution is 2.42. The van der Waals surface area contributed by atoms with Crippen LogP contribution >= 0.6 is 34.8 Å². The molecule has 0 spiro atoms. The molecular formula is C19H18Cl3N3O. The van der Waals surface area contributed by atoms with Crippen LogP contribution in [0, 0.1) is 5.92 Å². The fourth-order valence-corrected chi connectivity index (χ4v) is 3.61. The molecular weight excluding hydrogens is 393 g/mol. The molecule has 0 fully saturated rings. The van der Waals surface area contributed by atoms with Crippen molar-refractivity contribution >= 4 is 57.1 Å². The Morgan fingerprint density at radius 3 is 2.27 bits per heavy atom. The summed E-state index contributed by atoms with van der Waals surface area (Å²) in [5, 5.41) is 21.0. The van der Waals surface area contributed by atoms with E-state index in [1.54, 1.807) is 12.1 Å². The van der Waals surface area contributed by atoms with Crippen molar-refractivity contribution in [3.05, 3.63) is 51.5 Å². The Bertz CT molecular complexity index is 957. The van der Waals surface area contributed by atoms with E-state index in [1.807, 2.05) is 28.8 Å². The summed E-state index contributed by atoms with van der Waals surface area (Å²) in [6.07, 6.45) is 0.942. The van der Waals surface area contributed by atoms with Gasteiger partial charge in [-0.15, -0.1) is 10.2 Å². The molecule has 1 N–H and O–H groups in total. The lowest BCUT2D eigenvalue weighted by atomic mass is 10.1. The van der Waals surface area contributed by atoms with Gasteiger partial charge in [0.2, 0.25) is 5.88 Å². The Kier molecular flexibility index (Phi) is 5.76. The van der Waals surface area contributed by atoms with Crippen molar-refractivity contribution in [2.45, 2.75) is 26.8 Å². The third-order valence-electron chi connectivity index (χ3n) is 4.08. The number of aromatic nitrogens is 1. The zero-order valence-corrected chi connectivity index (χ0v) is 16.6. The van der Waals surface area contributed by atoms with Crippen molar-refractivity contribution in [1.82, 2.24) is 4.57 Å². The molecule has 2 aromatic carbocycles. The van der Waals surface area contributed by atoms with Crippen molar-refractivity contribution in [2.24, 2.45) is 16.1 Å². The van der Waals surface area contributed by atoms with E-state index in [1.165, 1.54) is 0 Å². The maximum Gasteiger partial charge on any atom is 0.220 e. The lowest BCUT2D eigenvalue weighted by Gasteiger charge is -2.08. The van der Waals surface area contributed by atoms with E-state index in [9.17, 15) is 5.11 Å². The van der Waals surface area contributed by atoms with Crippen LogP contribution in [0.2, 0.25) is 15.1 Å². The van der Waals surface area contributed by atoms with Crippen LogP contribution in [0.5, 0.6) is 5.88 Å². The fourth-order valence-electron chi connectivity index (χ4n) is 2.71. The number of rotatable bonds is 5. The molecule has 0 aliphatic carbocycles. The van der Waals surface area contributed by atoms with Crippen molar-refractivity contribution < 1.29 is 5.11 Å². The van der Waals surface area contributed by atoms with E-state index in [0.717, 1.165) is 17.3 Å². The van der Waals surface area contributed by atoms with Gasteiger partial charge in [0.25, 0.3) is 0 Å². The van der Waals surface area contributed by atoms with Crippen LogP contribution in [-0.2, 0) is 6.54 Å². The Morgan fingerprint density at radius 1 is 1.00 bits per heavy atom. The number of hydrogen-bond acceptors (Lipinski definition) is 3. The summed E-state index contributed by atoms with van der Waals surface area (Å²) in [6.45, 7) is 4.99. The fraction of sp³-hybridized carbons (Fsp3) is 0.263. The summed E-state index contributed by atoms with van der Waals surface area (Å²) >= 11 is 18.2. The lowest BCUT2D eigenvalue weighted by molar-refractivity contribution is 0.407. The smallest absolute Gasteiger partial charge is 0.220 e. The molecule has 4 nitrogen and oxygen atoms in total. The summed E-state index contributed by atoms with van der Waals surface area (Å²) < 4.78 is 1.86. The number of halogens is 3. The minimum absolute atomic E-state index is 0.0804. The topological polar surface area (TPSA) is 49.9 Å². The molecule has 3 aromatic rings. The van der Waals surface area contributed by atoms with Crippen LogP contribution in [-0.4, -0.2) is 9.67 Å². The molecule has 3 rings (SSSR count). The summed E-state index contributed by atoms with van der Waals surface area (Å²) in [5.74, 6) is 0.601. The summed E-state index contributed by atoms with van der Waals surface area (Å²) in [7, 11) is 0. The van der Waals surface area contributed by atoms with E-state index in [-0.39, 0.29) is 5.88 Å². The number of aromatic hydroxyl groups is 1. The third kappa shape index (κ3) is 3.83. The Labute approximate surface area is 167 Å². The molecule has 0 atom stereocenters. The zero-order valence-electron chi connectivity index (χ0n) is 14.4. The van der Waals surface area contributed by atoms with E-state index >= 15 is 0 Å². The molecule has 0 unspecified atom stereocenters. The summed E-state index contributed by atoms with van der Waals surface area (Å²) in [6, 6.07) is 10.8. The predicted octanol–water partition coefficient (Wildman–Crippen LogP) is 7.77. The second-order valence-corrected chi connectivity index (χ2v) is 7.69. The summed E-state index contributed by atoms with van der Waals surface area (Å²) in [5.41, 5.74) is 1.62. The van der Waals surface area contributed by atoms with Crippen LogP contribution in [0.15, 0.2) is 46.6 Å². The van der Waals surface area contributed by atoms with Gasteiger partial charge in [0, 0.05) is 17.0 Å². The molecule has 26 heavy (non-hydrogen) atoms. The number of para-hydroxylation sites is 1. The first-order valence-corrected chi connectivity index (χ1v) is 9.38.